The molecule has 0 heterocycles. The van der Waals surface area contributed by atoms with E-state index in [4.69, 9.17) is 9.84 Å². The van der Waals surface area contributed by atoms with E-state index in [2.05, 4.69) is 4.72 Å². The number of aliphatic hydroxyl groups is 1. The Balaban J connectivity index is 2.16. The molecule has 5 nitrogen and oxygen atoms in total. The maximum Gasteiger partial charge on any atom is 0.244 e. The van der Waals surface area contributed by atoms with Crippen LogP contribution in [0.4, 0.5) is 0 Å². The van der Waals surface area contributed by atoms with Gasteiger partial charge in [0.25, 0.3) is 0 Å². The number of hydrogen-bond donors (Lipinski definition) is 2. The first-order chi connectivity index (χ1) is 9.06. The van der Waals surface area contributed by atoms with E-state index in [0.717, 1.165) is 6.42 Å². The Bertz CT molecular complexity index is 538. The fourth-order valence-corrected chi connectivity index (χ4v) is 3.18. The molecular formula is C13H19NO4S. The zero-order valence-corrected chi connectivity index (χ0v) is 11.7. The van der Waals surface area contributed by atoms with Crippen LogP contribution in [-0.4, -0.2) is 27.2 Å². The van der Waals surface area contributed by atoms with Gasteiger partial charge in [0.15, 0.2) is 0 Å². The molecule has 0 radical (unpaired) electrons. The molecule has 0 atom stereocenters. The van der Waals surface area contributed by atoms with E-state index in [9.17, 15) is 8.42 Å². The summed E-state index contributed by atoms with van der Waals surface area (Å²) in [6, 6.07) is 4.64. The highest BCUT2D eigenvalue weighted by Crippen LogP contribution is 2.32. The van der Waals surface area contributed by atoms with Crippen LogP contribution in [0.25, 0.3) is 0 Å². The Hall–Kier alpha value is -1.11. The Labute approximate surface area is 113 Å². The van der Waals surface area contributed by atoms with Crippen LogP contribution in [0.2, 0.25) is 0 Å². The average molecular weight is 285 g/mol. The molecule has 0 aliphatic heterocycles. The minimum Gasteiger partial charge on any atom is -0.495 e. The lowest BCUT2D eigenvalue weighted by atomic mass is 10.2. The molecule has 2 rings (SSSR count). The molecule has 0 amide bonds. The lowest BCUT2D eigenvalue weighted by Gasteiger charge is -2.11. The van der Waals surface area contributed by atoms with Crippen molar-refractivity contribution in [2.75, 3.05) is 13.7 Å². The monoisotopic (exact) mass is 285 g/mol. The highest BCUT2D eigenvalue weighted by Gasteiger charge is 2.23. The summed E-state index contributed by atoms with van der Waals surface area (Å²) < 4.78 is 32.1. The molecular weight excluding hydrogens is 266 g/mol. The zero-order chi connectivity index (χ0) is 13.9. The minimum absolute atomic E-state index is 0.0809. The third-order valence-corrected chi connectivity index (χ3v) is 4.72. The third kappa shape index (κ3) is 3.68. The zero-order valence-electron chi connectivity index (χ0n) is 10.9. The van der Waals surface area contributed by atoms with Gasteiger partial charge in [-0.05, 0) is 30.0 Å². The second-order valence-electron chi connectivity index (χ2n) is 4.77. The van der Waals surface area contributed by atoms with Gasteiger partial charge in [-0.15, -0.1) is 0 Å². The van der Waals surface area contributed by atoms with Crippen molar-refractivity contribution in [3.8, 4) is 5.75 Å². The highest BCUT2D eigenvalue weighted by molar-refractivity contribution is 7.89. The van der Waals surface area contributed by atoms with Crippen LogP contribution in [0.1, 0.15) is 24.8 Å². The van der Waals surface area contributed by atoms with Crippen LogP contribution < -0.4 is 9.46 Å². The summed E-state index contributed by atoms with van der Waals surface area (Å²) in [4.78, 5) is 0.0809. The quantitative estimate of drug-likeness (QED) is 0.791. The van der Waals surface area contributed by atoms with Crippen LogP contribution >= 0.6 is 0 Å². The summed E-state index contributed by atoms with van der Waals surface area (Å²) >= 11 is 0. The van der Waals surface area contributed by atoms with Gasteiger partial charge in [0.2, 0.25) is 10.0 Å². The molecule has 1 aromatic carbocycles. The van der Waals surface area contributed by atoms with E-state index >= 15 is 0 Å². The molecule has 1 fully saturated rings. The molecule has 19 heavy (non-hydrogen) atoms. The van der Waals surface area contributed by atoms with Crippen molar-refractivity contribution in [1.29, 1.82) is 0 Å². The number of benzene rings is 1. The minimum atomic E-state index is -3.59. The van der Waals surface area contributed by atoms with Gasteiger partial charge in [0.1, 0.15) is 10.6 Å². The fourth-order valence-electron chi connectivity index (χ4n) is 1.91. The van der Waals surface area contributed by atoms with E-state index in [1.54, 1.807) is 12.1 Å². The van der Waals surface area contributed by atoms with Gasteiger partial charge in [-0.1, -0.05) is 18.9 Å². The van der Waals surface area contributed by atoms with E-state index in [1.807, 2.05) is 0 Å². The van der Waals surface area contributed by atoms with Gasteiger partial charge in [-0.2, -0.15) is 0 Å². The van der Waals surface area contributed by atoms with E-state index in [1.165, 1.54) is 26.0 Å². The highest BCUT2D eigenvalue weighted by atomic mass is 32.2. The molecule has 1 aromatic rings. The first-order valence-corrected chi connectivity index (χ1v) is 7.82. The number of ether oxygens (including phenoxy) is 1. The normalized spacial score (nSPS) is 15.5. The van der Waals surface area contributed by atoms with Gasteiger partial charge in [0.05, 0.1) is 13.7 Å². The summed E-state index contributed by atoms with van der Waals surface area (Å²) in [6.07, 6.45) is 3.28. The SMILES string of the molecule is COc1ccc(CO)cc1S(=O)(=O)NCCC1CC1. The lowest BCUT2D eigenvalue weighted by molar-refractivity contribution is 0.281. The van der Waals surface area contributed by atoms with Crippen LogP contribution in [-0.2, 0) is 16.6 Å². The average Bonchev–Trinajstić information content (AvgIpc) is 3.22. The summed E-state index contributed by atoms with van der Waals surface area (Å²) in [7, 11) is -2.16. The van der Waals surface area contributed by atoms with Crippen molar-refractivity contribution < 1.29 is 18.3 Å². The Morgan fingerprint density at radius 1 is 1.42 bits per heavy atom. The van der Waals surface area contributed by atoms with Crippen molar-refractivity contribution in [1.82, 2.24) is 4.72 Å². The molecule has 0 spiro atoms. The van der Waals surface area contributed by atoms with E-state index < -0.39 is 10.0 Å². The molecule has 2 N–H and O–H groups in total. The smallest absolute Gasteiger partial charge is 0.244 e. The van der Waals surface area contributed by atoms with Crippen molar-refractivity contribution in [2.24, 2.45) is 5.92 Å². The van der Waals surface area contributed by atoms with Crippen LogP contribution in [0.15, 0.2) is 23.1 Å². The number of sulfonamides is 1. The van der Waals surface area contributed by atoms with E-state index in [-0.39, 0.29) is 17.3 Å². The van der Waals surface area contributed by atoms with Crippen LogP contribution in [0.5, 0.6) is 5.75 Å². The number of nitrogens with one attached hydrogen (secondary N) is 1. The third-order valence-electron chi connectivity index (χ3n) is 3.24. The summed E-state index contributed by atoms with van der Waals surface area (Å²) in [5.74, 6) is 0.962. The van der Waals surface area contributed by atoms with Gasteiger partial charge in [0, 0.05) is 6.54 Å². The van der Waals surface area contributed by atoms with Crippen molar-refractivity contribution >= 4 is 10.0 Å². The first kappa shape index (κ1) is 14.3. The number of methoxy groups -OCH3 is 1. The molecule has 1 aliphatic carbocycles. The standard InChI is InChI=1S/C13H19NO4S/c1-18-12-5-4-11(9-15)8-13(12)19(16,17)14-7-6-10-2-3-10/h4-5,8,10,14-15H,2-3,6-7,9H2,1H3. The van der Waals surface area contributed by atoms with Gasteiger partial charge in [-0.25, -0.2) is 13.1 Å². The summed E-state index contributed by atoms with van der Waals surface area (Å²) in [6.45, 7) is 0.244. The number of hydrogen-bond acceptors (Lipinski definition) is 4. The molecule has 6 heteroatoms. The van der Waals surface area contributed by atoms with Crippen LogP contribution in [0, 0.1) is 5.92 Å². The number of aliphatic hydroxyl groups excluding tert-OH is 1. The van der Waals surface area contributed by atoms with E-state index in [0.29, 0.717) is 18.0 Å². The van der Waals surface area contributed by atoms with Crippen LogP contribution in [0.3, 0.4) is 0 Å². The maximum atomic E-state index is 12.2. The predicted molar refractivity (Wildman–Crippen MR) is 71.4 cm³/mol. The lowest BCUT2D eigenvalue weighted by Crippen LogP contribution is -2.25. The van der Waals surface area contributed by atoms with Gasteiger partial charge in [-0.3, -0.25) is 0 Å². The van der Waals surface area contributed by atoms with Crippen molar-refractivity contribution in [3.05, 3.63) is 23.8 Å². The molecule has 106 valence electrons. The number of rotatable bonds is 7. The molecule has 0 unspecified atom stereocenters. The van der Waals surface area contributed by atoms with Crippen molar-refractivity contribution in [3.63, 3.8) is 0 Å². The largest absolute Gasteiger partial charge is 0.495 e. The predicted octanol–water partition coefficient (Wildman–Crippen LogP) is 1.27. The molecule has 1 aliphatic rings. The molecule has 0 bridgehead atoms. The first-order valence-electron chi connectivity index (χ1n) is 6.34. The Morgan fingerprint density at radius 2 is 2.16 bits per heavy atom. The Morgan fingerprint density at radius 3 is 2.74 bits per heavy atom. The topological polar surface area (TPSA) is 75.6 Å². The molecule has 0 aromatic heterocycles. The molecule has 0 saturated heterocycles. The second kappa shape index (κ2) is 5.90. The summed E-state index contributed by atoms with van der Waals surface area (Å²) in [5, 5.41) is 9.09. The summed E-state index contributed by atoms with van der Waals surface area (Å²) in [5.41, 5.74) is 0.545. The van der Waals surface area contributed by atoms with Gasteiger partial charge < -0.3 is 9.84 Å². The van der Waals surface area contributed by atoms with Crippen molar-refractivity contribution in [2.45, 2.75) is 30.8 Å². The molecule has 1 saturated carbocycles. The Kier molecular flexibility index (Phi) is 4.44. The maximum absolute atomic E-state index is 12.2. The van der Waals surface area contributed by atoms with Gasteiger partial charge >= 0.3 is 0 Å². The second-order valence-corrected chi connectivity index (χ2v) is 6.51. The fraction of sp³-hybridized carbons (Fsp3) is 0.538.